The summed E-state index contributed by atoms with van der Waals surface area (Å²) in [6, 6.07) is 10.4. The van der Waals surface area contributed by atoms with Crippen LogP contribution in [0.15, 0.2) is 35.3 Å². The van der Waals surface area contributed by atoms with Crippen molar-refractivity contribution in [2.24, 2.45) is 16.8 Å². The molecular weight excluding hydrogens is 489 g/mol. The first-order chi connectivity index (χ1) is 14.1. The molecule has 0 saturated carbocycles. The van der Waals surface area contributed by atoms with E-state index in [0.717, 1.165) is 38.7 Å². The lowest BCUT2D eigenvalue weighted by molar-refractivity contribution is 0.0906. The van der Waals surface area contributed by atoms with E-state index in [1.54, 1.807) is 0 Å². The predicted octanol–water partition coefficient (Wildman–Crippen LogP) is 2.60. The lowest BCUT2D eigenvalue weighted by Gasteiger charge is -2.34. The number of hydrogen-bond acceptors (Lipinski definition) is 4. The first-order valence-electron chi connectivity index (χ1n) is 11.1. The Kier molecular flexibility index (Phi) is 11.4. The molecular formula is C23H40IN5O. The third-order valence-corrected chi connectivity index (χ3v) is 6.04. The van der Waals surface area contributed by atoms with Crippen molar-refractivity contribution < 1.29 is 4.74 Å². The number of halogens is 1. The highest BCUT2D eigenvalue weighted by Gasteiger charge is 2.25. The van der Waals surface area contributed by atoms with E-state index in [9.17, 15) is 0 Å². The minimum atomic E-state index is 0. The zero-order chi connectivity index (χ0) is 20.5. The average molecular weight is 530 g/mol. The Morgan fingerprint density at radius 2 is 1.90 bits per heavy atom. The van der Waals surface area contributed by atoms with Crippen LogP contribution in [0.5, 0.6) is 0 Å². The summed E-state index contributed by atoms with van der Waals surface area (Å²) < 4.78 is 5.96. The molecule has 1 N–H and O–H groups in total. The Balaban J connectivity index is 0.00000320. The van der Waals surface area contributed by atoms with Gasteiger partial charge in [0.1, 0.15) is 0 Å². The standard InChI is InChI=1S/C23H39N5O.HI/c1-20(16-27-13-11-26(3)12-14-27)15-25-23(24-2)28-10-9-22(17-28)19-29-18-21-7-5-4-6-8-21;/h4-8,20,22H,9-19H2,1-3H3,(H,24,25);1H. The Morgan fingerprint density at radius 3 is 2.60 bits per heavy atom. The number of guanidine groups is 1. The van der Waals surface area contributed by atoms with Crippen molar-refractivity contribution in [1.29, 1.82) is 0 Å². The molecule has 7 heteroatoms. The van der Waals surface area contributed by atoms with Gasteiger partial charge in [0.15, 0.2) is 5.96 Å². The number of likely N-dealkylation sites (N-methyl/N-ethyl adjacent to an activating group) is 1. The lowest BCUT2D eigenvalue weighted by Crippen LogP contribution is -2.48. The lowest BCUT2D eigenvalue weighted by atomic mass is 10.1. The van der Waals surface area contributed by atoms with Crippen molar-refractivity contribution in [1.82, 2.24) is 20.0 Å². The maximum Gasteiger partial charge on any atom is 0.193 e. The van der Waals surface area contributed by atoms with Gasteiger partial charge < -0.3 is 24.8 Å². The molecule has 2 fully saturated rings. The highest BCUT2D eigenvalue weighted by Crippen LogP contribution is 2.17. The molecule has 0 amide bonds. The molecule has 0 spiro atoms. The molecule has 6 nitrogen and oxygen atoms in total. The van der Waals surface area contributed by atoms with Gasteiger partial charge in [-0.3, -0.25) is 4.99 Å². The van der Waals surface area contributed by atoms with E-state index in [2.05, 4.69) is 63.2 Å². The third kappa shape index (κ3) is 8.32. The highest BCUT2D eigenvalue weighted by molar-refractivity contribution is 14.0. The molecule has 2 unspecified atom stereocenters. The number of benzene rings is 1. The number of piperazine rings is 1. The van der Waals surface area contributed by atoms with Crippen LogP contribution in [0.1, 0.15) is 18.9 Å². The number of nitrogens with one attached hydrogen (secondary N) is 1. The van der Waals surface area contributed by atoms with Crippen LogP contribution in [-0.4, -0.2) is 93.7 Å². The van der Waals surface area contributed by atoms with Gasteiger partial charge in [-0.05, 0) is 24.9 Å². The van der Waals surface area contributed by atoms with Gasteiger partial charge in [-0.2, -0.15) is 0 Å². The van der Waals surface area contributed by atoms with Gasteiger partial charge >= 0.3 is 0 Å². The van der Waals surface area contributed by atoms with Crippen molar-refractivity contribution >= 4 is 29.9 Å². The molecule has 1 aromatic carbocycles. The van der Waals surface area contributed by atoms with Crippen LogP contribution in [-0.2, 0) is 11.3 Å². The maximum atomic E-state index is 5.96. The quantitative estimate of drug-likeness (QED) is 0.319. The van der Waals surface area contributed by atoms with E-state index in [1.807, 2.05) is 13.1 Å². The van der Waals surface area contributed by atoms with Gasteiger partial charge in [0, 0.05) is 65.3 Å². The maximum absolute atomic E-state index is 5.96. The van der Waals surface area contributed by atoms with Gasteiger partial charge in [0.25, 0.3) is 0 Å². The molecule has 2 saturated heterocycles. The Labute approximate surface area is 200 Å². The van der Waals surface area contributed by atoms with Gasteiger partial charge in [-0.15, -0.1) is 24.0 Å². The summed E-state index contributed by atoms with van der Waals surface area (Å²) in [6.45, 7) is 12.8. The van der Waals surface area contributed by atoms with Crippen LogP contribution >= 0.6 is 24.0 Å². The van der Waals surface area contributed by atoms with Crippen LogP contribution < -0.4 is 5.32 Å². The second kappa shape index (κ2) is 13.5. The largest absolute Gasteiger partial charge is 0.376 e. The highest BCUT2D eigenvalue weighted by atomic mass is 127. The Hall–Kier alpha value is -0.900. The fourth-order valence-electron chi connectivity index (χ4n) is 4.21. The van der Waals surface area contributed by atoms with Gasteiger partial charge in [-0.25, -0.2) is 0 Å². The number of nitrogens with zero attached hydrogens (tertiary/aromatic N) is 4. The summed E-state index contributed by atoms with van der Waals surface area (Å²) in [6.07, 6.45) is 1.17. The monoisotopic (exact) mass is 529 g/mol. The van der Waals surface area contributed by atoms with Crippen molar-refractivity contribution in [3.63, 3.8) is 0 Å². The van der Waals surface area contributed by atoms with Crippen LogP contribution in [0.2, 0.25) is 0 Å². The predicted molar refractivity (Wildman–Crippen MR) is 136 cm³/mol. The molecule has 3 rings (SSSR count). The molecule has 0 aromatic heterocycles. The molecule has 0 aliphatic carbocycles. The average Bonchev–Trinajstić information content (AvgIpc) is 3.20. The smallest absolute Gasteiger partial charge is 0.193 e. The summed E-state index contributed by atoms with van der Waals surface area (Å²) in [5, 5.41) is 3.61. The fourth-order valence-corrected chi connectivity index (χ4v) is 4.21. The van der Waals surface area contributed by atoms with Gasteiger partial charge in [0.05, 0.1) is 13.2 Å². The number of hydrogen-bond donors (Lipinski definition) is 1. The normalized spacial score (nSPS) is 22.0. The van der Waals surface area contributed by atoms with E-state index in [4.69, 9.17) is 4.74 Å². The molecule has 0 radical (unpaired) electrons. The molecule has 2 atom stereocenters. The van der Waals surface area contributed by atoms with Gasteiger partial charge in [-0.1, -0.05) is 37.3 Å². The molecule has 30 heavy (non-hydrogen) atoms. The number of rotatable bonds is 8. The Bertz CT molecular complexity index is 621. The number of ether oxygens (including phenoxy) is 1. The minimum absolute atomic E-state index is 0. The van der Waals surface area contributed by atoms with E-state index >= 15 is 0 Å². The van der Waals surface area contributed by atoms with Crippen LogP contribution in [0.4, 0.5) is 0 Å². The molecule has 2 heterocycles. The van der Waals surface area contributed by atoms with Crippen LogP contribution in [0.3, 0.4) is 0 Å². The minimum Gasteiger partial charge on any atom is -0.376 e. The van der Waals surface area contributed by atoms with Crippen molar-refractivity contribution in [2.45, 2.75) is 20.0 Å². The molecule has 2 aliphatic rings. The summed E-state index contributed by atoms with van der Waals surface area (Å²) in [4.78, 5) is 11.9. The molecule has 0 bridgehead atoms. The zero-order valence-electron chi connectivity index (χ0n) is 18.9. The number of likely N-dealkylation sites (tertiary alicyclic amines) is 1. The van der Waals surface area contributed by atoms with Crippen LogP contribution in [0.25, 0.3) is 0 Å². The summed E-state index contributed by atoms with van der Waals surface area (Å²) >= 11 is 0. The molecule has 2 aliphatic heterocycles. The molecule has 170 valence electrons. The topological polar surface area (TPSA) is 43.3 Å². The SMILES string of the molecule is CN=C(NCC(C)CN1CCN(C)CC1)N1CCC(COCc2ccccc2)C1.I. The van der Waals surface area contributed by atoms with E-state index in [1.165, 1.54) is 38.2 Å². The summed E-state index contributed by atoms with van der Waals surface area (Å²) in [7, 11) is 4.11. The second-order valence-electron chi connectivity index (χ2n) is 8.74. The second-order valence-corrected chi connectivity index (χ2v) is 8.74. The van der Waals surface area contributed by atoms with Crippen molar-refractivity contribution in [2.75, 3.05) is 73.1 Å². The van der Waals surface area contributed by atoms with E-state index in [0.29, 0.717) is 18.4 Å². The molecule has 1 aromatic rings. The first-order valence-corrected chi connectivity index (χ1v) is 11.1. The van der Waals surface area contributed by atoms with E-state index in [-0.39, 0.29) is 24.0 Å². The first kappa shape index (κ1) is 25.4. The summed E-state index contributed by atoms with van der Waals surface area (Å²) in [5.74, 6) is 2.24. The van der Waals surface area contributed by atoms with Crippen molar-refractivity contribution in [3.8, 4) is 0 Å². The van der Waals surface area contributed by atoms with Gasteiger partial charge in [0.2, 0.25) is 0 Å². The number of aliphatic imine (C=N–C) groups is 1. The van der Waals surface area contributed by atoms with Crippen molar-refractivity contribution in [3.05, 3.63) is 35.9 Å². The third-order valence-electron chi connectivity index (χ3n) is 6.04. The van der Waals surface area contributed by atoms with E-state index < -0.39 is 0 Å². The van der Waals surface area contributed by atoms with Crippen LogP contribution in [0, 0.1) is 11.8 Å². The zero-order valence-corrected chi connectivity index (χ0v) is 21.3. The fraction of sp³-hybridized carbons (Fsp3) is 0.696. The Morgan fingerprint density at radius 1 is 1.17 bits per heavy atom. The summed E-state index contributed by atoms with van der Waals surface area (Å²) in [5.41, 5.74) is 1.24.